The van der Waals surface area contributed by atoms with Crippen LogP contribution in [-0.2, 0) is 0 Å². The highest BCUT2D eigenvalue weighted by atomic mass is 16.5. The van der Waals surface area contributed by atoms with Crippen molar-refractivity contribution in [2.45, 2.75) is 13.0 Å². The summed E-state index contributed by atoms with van der Waals surface area (Å²) in [6.07, 6.45) is 4.74. The van der Waals surface area contributed by atoms with Gasteiger partial charge < -0.3 is 20.1 Å². The molecule has 0 radical (unpaired) electrons. The molecule has 0 saturated heterocycles. The number of aromatic nitrogens is 5. The molecule has 3 N–H and O–H groups in total. The number of aromatic amines is 1. The molecule has 0 aliphatic heterocycles. The highest BCUT2D eigenvalue weighted by Gasteiger charge is 2.16. The van der Waals surface area contributed by atoms with Gasteiger partial charge in [-0.1, -0.05) is 6.07 Å². The van der Waals surface area contributed by atoms with Gasteiger partial charge in [-0.25, -0.2) is 19.9 Å². The summed E-state index contributed by atoms with van der Waals surface area (Å²) < 4.78 is 5.37. The van der Waals surface area contributed by atoms with Crippen LogP contribution in [0.5, 0.6) is 11.6 Å². The van der Waals surface area contributed by atoms with E-state index in [4.69, 9.17) is 4.74 Å². The highest BCUT2D eigenvalue weighted by Crippen LogP contribution is 2.35. The van der Waals surface area contributed by atoms with Crippen molar-refractivity contribution in [3.63, 3.8) is 0 Å². The van der Waals surface area contributed by atoms with Crippen LogP contribution in [0.1, 0.15) is 29.0 Å². The SMILES string of the molecule is COc1ncccc1-c1ccc(O)c(-c2nc3ccc(C(=O)NC(C)c4ccncn4)cc3[nH]2)c1. The number of amides is 1. The second-order valence-corrected chi connectivity index (χ2v) is 7.94. The van der Waals surface area contributed by atoms with Crippen molar-refractivity contribution in [1.82, 2.24) is 30.2 Å². The number of imidazole rings is 1. The summed E-state index contributed by atoms with van der Waals surface area (Å²) >= 11 is 0. The van der Waals surface area contributed by atoms with Crippen LogP contribution in [-0.4, -0.2) is 43.0 Å². The van der Waals surface area contributed by atoms with E-state index in [9.17, 15) is 9.90 Å². The molecule has 0 saturated carbocycles. The zero-order chi connectivity index (χ0) is 24.4. The van der Waals surface area contributed by atoms with Crippen molar-refractivity contribution in [1.29, 1.82) is 0 Å². The number of hydrogen-bond acceptors (Lipinski definition) is 7. The molecule has 0 aliphatic rings. The van der Waals surface area contributed by atoms with Gasteiger partial charge in [0.2, 0.25) is 5.88 Å². The zero-order valence-electron chi connectivity index (χ0n) is 19.1. The molecule has 9 nitrogen and oxygen atoms in total. The third-order valence-corrected chi connectivity index (χ3v) is 5.67. The van der Waals surface area contributed by atoms with Crippen LogP contribution < -0.4 is 10.1 Å². The molecule has 174 valence electrons. The number of phenols is 1. The van der Waals surface area contributed by atoms with Crippen molar-refractivity contribution in [3.8, 4) is 34.1 Å². The Balaban J connectivity index is 1.45. The number of carbonyl (C=O) groups excluding carboxylic acids is 1. The summed E-state index contributed by atoms with van der Waals surface area (Å²) in [5, 5.41) is 13.5. The lowest BCUT2D eigenvalue weighted by Crippen LogP contribution is -2.27. The first-order chi connectivity index (χ1) is 17.0. The molecule has 0 spiro atoms. The van der Waals surface area contributed by atoms with Crippen LogP contribution in [0.25, 0.3) is 33.5 Å². The Hall–Kier alpha value is -4.79. The first-order valence-electron chi connectivity index (χ1n) is 10.9. The van der Waals surface area contributed by atoms with E-state index < -0.39 is 0 Å². The monoisotopic (exact) mass is 466 g/mol. The number of fused-ring (bicyclic) bond motifs is 1. The average Bonchev–Trinajstić information content (AvgIpc) is 3.32. The first-order valence-corrected chi connectivity index (χ1v) is 10.9. The molecule has 0 aliphatic carbocycles. The lowest BCUT2D eigenvalue weighted by molar-refractivity contribution is 0.0939. The van der Waals surface area contributed by atoms with E-state index in [0.29, 0.717) is 33.9 Å². The minimum atomic E-state index is -0.275. The molecular formula is C26H22N6O3. The fourth-order valence-corrected chi connectivity index (χ4v) is 3.86. The predicted molar refractivity (Wildman–Crippen MR) is 131 cm³/mol. The molecular weight excluding hydrogens is 444 g/mol. The molecule has 0 bridgehead atoms. The lowest BCUT2D eigenvalue weighted by Gasteiger charge is -2.13. The molecule has 2 aromatic carbocycles. The summed E-state index contributed by atoms with van der Waals surface area (Å²) in [6, 6.07) is 15.6. The molecule has 3 heterocycles. The number of benzene rings is 2. The quantitative estimate of drug-likeness (QED) is 0.341. The summed E-state index contributed by atoms with van der Waals surface area (Å²) in [6.45, 7) is 1.86. The number of nitrogens with zero attached hydrogens (tertiary/aromatic N) is 4. The van der Waals surface area contributed by atoms with E-state index in [1.807, 2.05) is 25.1 Å². The van der Waals surface area contributed by atoms with Crippen molar-refractivity contribution in [2.75, 3.05) is 7.11 Å². The van der Waals surface area contributed by atoms with Crippen molar-refractivity contribution < 1.29 is 14.6 Å². The Morgan fingerprint density at radius 2 is 1.94 bits per heavy atom. The number of phenolic OH excluding ortho intramolecular Hbond substituents is 1. The molecule has 1 unspecified atom stereocenters. The third-order valence-electron chi connectivity index (χ3n) is 5.67. The maximum absolute atomic E-state index is 12.8. The third kappa shape index (κ3) is 4.39. The number of ether oxygens (including phenoxy) is 1. The molecule has 0 fully saturated rings. The number of methoxy groups -OCH3 is 1. The van der Waals surface area contributed by atoms with Gasteiger partial charge in [0.15, 0.2) is 0 Å². The van der Waals surface area contributed by atoms with Crippen molar-refractivity contribution in [3.05, 3.63) is 84.6 Å². The minimum absolute atomic E-state index is 0.0762. The Kier molecular flexibility index (Phi) is 5.80. The topological polar surface area (TPSA) is 126 Å². The smallest absolute Gasteiger partial charge is 0.251 e. The Labute approximate surface area is 200 Å². The molecule has 3 aromatic heterocycles. The van der Waals surface area contributed by atoms with Crippen LogP contribution in [0, 0.1) is 0 Å². The van der Waals surface area contributed by atoms with Crippen LogP contribution in [0.3, 0.4) is 0 Å². The minimum Gasteiger partial charge on any atom is -0.507 e. The molecule has 1 amide bonds. The number of rotatable bonds is 6. The fraction of sp³-hybridized carbons (Fsp3) is 0.115. The summed E-state index contributed by atoms with van der Waals surface area (Å²) in [5.41, 5.74) is 4.68. The van der Waals surface area contributed by atoms with E-state index in [-0.39, 0.29) is 17.7 Å². The number of aromatic hydroxyl groups is 1. The molecule has 9 heteroatoms. The van der Waals surface area contributed by atoms with Gasteiger partial charge >= 0.3 is 0 Å². The Bertz CT molecular complexity index is 1520. The number of nitrogens with one attached hydrogen (secondary N) is 2. The number of H-pyrrole nitrogens is 1. The van der Waals surface area contributed by atoms with Crippen LogP contribution in [0.15, 0.2) is 73.3 Å². The predicted octanol–water partition coefficient (Wildman–Crippen LogP) is 4.29. The van der Waals surface area contributed by atoms with Gasteiger partial charge in [-0.2, -0.15) is 0 Å². The number of carbonyl (C=O) groups is 1. The maximum Gasteiger partial charge on any atom is 0.251 e. The van der Waals surface area contributed by atoms with Gasteiger partial charge in [-0.3, -0.25) is 4.79 Å². The standard InChI is InChI=1S/C26H22N6O3/c1-15(20-9-11-27-14-29-20)30-25(34)17-5-7-21-22(13-17)32-24(31-21)19-12-16(6-8-23(19)33)18-4-3-10-28-26(18)35-2/h3-15,33H,1-2H3,(H,30,34)(H,31,32). The normalized spacial score (nSPS) is 11.8. The number of pyridine rings is 1. The van der Waals surface area contributed by atoms with E-state index >= 15 is 0 Å². The lowest BCUT2D eigenvalue weighted by atomic mass is 10.0. The van der Waals surface area contributed by atoms with Crippen molar-refractivity contribution >= 4 is 16.9 Å². The Morgan fingerprint density at radius 1 is 1.06 bits per heavy atom. The summed E-state index contributed by atoms with van der Waals surface area (Å²) in [7, 11) is 1.56. The van der Waals surface area contributed by atoms with Crippen LogP contribution >= 0.6 is 0 Å². The molecule has 5 rings (SSSR count). The van der Waals surface area contributed by atoms with Gasteiger partial charge in [0.25, 0.3) is 5.91 Å². The largest absolute Gasteiger partial charge is 0.507 e. The molecule has 35 heavy (non-hydrogen) atoms. The molecule has 5 aromatic rings. The Morgan fingerprint density at radius 3 is 2.74 bits per heavy atom. The van der Waals surface area contributed by atoms with E-state index in [2.05, 4.69) is 30.2 Å². The fourth-order valence-electron chi connectivity index (χ4n) is 3.86. The maximum atomic E-state index is 12.8. The van der Waals surface area contributed by atoms with Gasteiger partial charge in [-0.05, 0) is 61.0 Å². The van der Waals surface area contributed by atoms with Crippen LogP contribution in [0.4, 0.5) is 0 Å². The van der Waals surface area contributed by atoms with Gasteiger partial charge in [0.05, 0.1) is 35.4 Å². The summed E-state index contributed by atoms with van der Waals surface area (Å²) in [5.74, 6) is 0.810. The average molecular weight is 467 g/mol. The van der Waals surface area contributed by atoms with Gasteiger partial charge in [-0.15, -0.1) is 0 Å². The second kappa shape index (κ2) is 9.22. The van der Waals surface area contributed by atoms with Crippen molar-refractivity contribution in [2.24, 2.45) is 0 Å². The highest BCUT2D eigenvalue weighted by molar-refractivity contribution is 5.98. The van der Waals surface area contributed by atoms with E-state index in [1.54, 1.807) is 55.9 Å². The van der Waals surface area contributed by atoms with Gasteiger partial charge in [0.1, 0.15) is 17.9 Å². The van der Waals surface area contributed by atoms with Crippen LogP contribution in [0.2, 0.25) is 0 Å². The van der Waals surface area contributed by atoms with E-state index in [1.165, 1.54) is 6.33 Å². The number of hydrogen-bond donors (Lipinski definition) is 3. The van der Waals surface area contributed by atoms with Gasteiger partial charge in [0, 0.05) is 23.5 Å². The summed E-state index contributed by atoms with van der Waals surface area (Å²) in [4.78, 5) is 33.0. The molecule has 1 atom stereocenters. The van der Waals surface area contributed by atoms with E-state index in [0.717, 1.165) is 16.8 Å². The second-order valence-electron chi connectivity index (χ2n) is 7.94. The first kappa shape index (κ1) is 22.0. The zero-order valence-corrected chi connectivity index (χ0v) is 19.1.